The molecule has 0 heterocycles. The fourth-order valence-corrected chi connectivity index (χ4v) is 3.84. The van der Waals surface area contributed by atoms with Gasteiger partial charge in [-0.25, -0.2) is 0 Å². The van der Waals surface area contributed by atoms with Crippen LogP contribution in [-0.4, -0.2) is 51.4 Å². The Kier molecular flexibility index (Phi) is 8.16. The molecule has 0 aromatic heterocycles. The van der Waals surface area contributed by atoms with Gasteiger partial charge in [-0.3, -0.25) is 0 Å². The van der Waals surface area contributed by atoms with Crippen LogP contribution in [0.15, 0.2) is 72.8 Å². The van der Waals surface area contributed by atoms with Crippen molar-refractivity contribution in [1.29, 1.82) is 0 Å². The van der Waals surface area contributed by atoms with E-state index in [2.05, 4.69) is 0 Å². The minimum atomic E-state index is -3.97. The van der Waals surface area contributed by atoms with Gasteiger partial charge >= 0.3 is 60.6 Å². The number of phosphoric acid groups is 1. The van der Waals surface area contributed by atoms with Gasteiger partial charge in [-0.15, -0.1) is 0 Å². The second-order valence-electron chi connectivity index (χ2n) is 6.02. The Morgan fingerprint density at radius 3 is 1.11 bits per heavy atom. The Hall–Kier alpha value is -1.07. The van der Waals surface area contributed by atoms with Crippen molar-refractivity contribution in [3.8, 4) is 17.2 Å². The van der Waals surface area contributed by atoms with Crippen molar-refractivity contribution in [1.82, 2.24) is 0 Å². The molecular weight excluding hydrogens is 386 g/mol. The summed E-state index contributed by atoms with van der Waals surface area (Å²) in [5.74, 6) is 1.37. The zero-order chi connectivity index (χ0) is 18.6. The van der Waals surface area contributed by atoms with Crippen molar-refractivity contribution >= 4 is 59.2 Å². The normalized spacial score (nSPS) is 10.6. The predicted molar refractivity (Wildman–Crippen MR) is 111 cm³/mol. The third kappa shape index (κ3) is 5.95. The molecule has 0 bridgehead atoms. The predicted octanol–water partition coefficient (Wildman–Crippen LogP) is 5.72. The van der Waals surface area contributed by atoms with Gasteiger partial charge in [-0.1, -0.05) is 54.6 Å². The van der Waals surface area contributed by atoms with E-state index in [0.29, 0.717) is 17.2 Å². The van der Waals surface area contributed by atoms with Crippen LogP contribution in [-0.2, 0) is 4.57 Å². The van der Waals surface area contributed by atoms with Crippen molar-refractivity contribution in [3.05, 3.63) is 89.5 Å². The van der Waals surface area contributed by atoms with Crippen LogP contribution in [0.1, 0.15) is 18.1 Å². The van der Waals surface area contributed by atoms with Crippen LogP contribution >= 0.6 is 7.82 Å². The van der Waals surface area contributed by atoms with Crippen LogP contribution in [0.3, 0.4) is 0 Å². The summed E-state index contributed by atoms with van der Waals surface area (Å²) in [6.45, 7) is 5.63. The van der Waals surface area contributed by atoms with Crippen LogP contribution in [0, 0.1) is 20.8 Å². The summed E-state index contributed by atoms with van der Waals surface area (Å²) in [5.41, 5.74) is 2.53. The molecule has 0 amide bonds. The Morgan fingerprint density at radius 1 is 0.593 bits per heavy atom. The molecule has 0 unspecified atom stereocenters. The van der Waals surface area contributed by atoms with Gasteiger partial charge in [0.1, 0.15) is 17.2 Å². The molecule has 27 heavy (non-hydrogen) atoms. The first kappa shape index (κ1) is 22.2. The summed E-state index contributed by atoms with van der Waals surface area (Å²) in [6, 6.07) is 22.0. The van der Waals surface area contributed by atoms with Crippen molar-refractivity contribution in [2.24, 2.45) is 0 Å². The van der Waals surface area contributed by atoms with Gasteiger partial charge in [0.25, 0.3) is 0 Å². The minimum absolute atomic E-state index is 0. The van der Waals surface area contributed by atoms with Crippen LogP contribution in [0.4, 0.5) is 0 Å². The fraction of sp³-hybridized carbons (Fsp3) is 0.143. The number of hydrogen-bond acceptors (Lipinski definition) is 4. The van der Waals surface area contributed by atoms with E-state index in [4.69, 9.17) is 13.6 Å². The van der Waals surface area contributed by atoms with E-state index >= 15 is 0 Å². The van der Waals surface area contributed by atoms with Crippen LogP contribution in [0.25, 0.3) is 0 Å². The molecule has 0 fully saturated rings. The molecule has 136 valence electrons. The molecule has 0 aliphatic carbocycles. The Morgan fingerprint density at radius 2 is 0.852 bits per heavy atom. The molecule has 0 aliphatic heterocycles. The van der Waals surface area contributed by atoms with E-state index in [9.17, 15) is 4.57 Å². The Bertz CT molecular complexity index is 842. The molecule has 0 radical (unpaired) electrons. The topological polar surface area (TPSA) is 44.8 Å². The van der Waals surface area contributed by atoms with Gasteiger partial charge in [-0.2, -0.15) is 4.57 Å². The van der Waals surface area contributed by atoms with E-state index in [0.717, 1.165) is 16.7 Å². The van der Waals surface area contributed by atoms with Crippen LogP contribution < -0.4 is 13.6 Å². The molecular formula is C21H23KO4P+. The molecule has 3 aromatic rings. The fourth-order valence-electron chi connectivity index (χ4n) is 2.39. The second kappa shape index (κ2) is 9.92. The molecule has 0 atom stereocenters. The van der Waals surface area contributed by atoms with E-state index in [1.165, 1.54) is 0 Å². The first-order valence-corrected chi connectivity index (χ1v) is 9.79. The van der Waals surface area contributed by atoms with Crippen molar-refractivity contribution in [3.63, 3.8) is 0 Å². The summed E-state index contributed by atoms with van der Waals surface area (Å²) >= 11 is 0. The number of hydrogen-bond donors (Lipinski definition) is 0. The van der Waals surface area contributed by atoms with Gasteiger partial charge in [-0.05, 0) is 55.7 Å². The van der Waals surface area contributed by atoms with Gasteiger partial charge in [0, 0.05) is 0 Å². The average molecular weight is 409 g/mol. The molecule has 6 heteroatoms. The molecule has 4 nitrogen and oxygen atoms in total. The third-order valence-electron chi connectivity index (χ3n) is 3.91. The van der Waals surface area contributed by atoms with Gasteiger partial charge in [0.05, 0.1) is 0 Å². The molecule has 3 rings (SSSR count). The van der Waals surface area contributed by atoms with Crippen molar-refractivity contribution in [2.75, 3.05) is 0 Å². The quantitative estimate of drug-likeness (QED) is 0.386. The number of para-hydroxylation sites is 3. The molecule has 0 saturated heterocycles. The molecule has 0 spiro atoms. The first-order valence-electron chi connectivity index (χ1n) is 8.32. The third-order valence-corrected chi connectivity index (χ3v) is 5.17. The summed E-state index contributed by atoms with van der Waals surface area (Å²) in [7, 11) is -3.97. The second-order valence-corrected chi connectivity index (χ2v) is 7.46. The monoisotopic (exact) mass is 409 g/mol. The number of benzene rings is 3. The number of rotatable bonds is 6. The van der Waals surface area contributed by atoms with Gasteiger partial charge in [0.2, 0.25) is 0 Å². The van der Waals surface area contributed by atoms with E-state index in [-0.39, 0.29) is 52.8 Å². The molecule has 0 aliphatic rings. The number of phosphoric ester groups is 1. The summed E-state index contributed by atoms with van der Waals surface area (Å²) < 4.78 is 30.8. The molecule has 0 saturated carbocycles. The van der Waals surface area contributed by atoms with Crippen molar-refractivity contribution < 1.29 is 19.6 Å². The van der Waals surface area contributed by atoms with E-state index in [1.54, 1.807) is 18.2 Å². The van der Waals surface area contributed by atoms with Gasteiger partial charge < -0.3 is 13.6 Å². The van der Waals surface area contributed by atoms with Crippen LogP contribution in [0.5, 0.6) is 17.2 Å². The molecule has 0 N–H and O–H groups in total. The maximum atomic E-state index is 13.5. The van der Waals surface area contributed by atoms with E-state index < -0.39 is 7.82 Å². The molecule has 3 aromatic carbocycles. The first-order chi connectivity index (χ1) is 12.5. The van der Waals surface area contributed by atoms with E-state index in [1.807, 2.05) is 75.4 Å². The zero-order valence-electron chi connectivity index (χ0n) is 16.0. The van der Waals surface area contributed by atoms with Crippen molar-refractivity contribution in [2.45, 2.75) is 20.8 Å². The zero-order valence-corrected chi connectivity index (χ0v) is 15.9. The number of aryl methyl sites for hydroxylation is 3. The van der Waals surface area contributed by atoms with Gasteiger partial charge in [0.15, 0.2) is 0 Å². The SMILES string of the molecule is Cc1ccccc1OP(=O)(Oc1ccccc1C)Oc1ccccc1C.[H+].[KH]. The summed E-state index contributed by atoms with van der Waals surface area (Å²) in [4.78, 5) is 0. The van der Waals surface area contributed by atoms with Crippen LogP contribution in [0.2, 0.25) is 0 Å². The average Bonchev–Trinajstić information content (AvgIpc) is 2.61. The Balaban J connectivity index is 0.00000196. The summed E-state index contributed by atoms with van der Waals surface area (Å²) in [5, 5.41) is 0. The summed E-state index contributed by atoms with van der Waals surface area (Å²) in [6.07, 6.45) is 0. The maximum absolute atomic E-state index is 13.5. The Labute approximate surface area is 204 Å². The standard InChI is InChI=1S/C21H21O4P.K.H/c1-16-10-4-7-13-19(16)23-26(22,24-20-14-8-5-11-17(20)2)25-21-15-9-6-12-18(21)3;;/h4-15H,1-3H3;;/p+1.